The Morgan fingerprint density at radius 3 is 1.17 bits per heavy atom. The Kier molecular flexibility index (Phi) is 28.1. The van der Waals surface area contributed by atoms with Crippen molar-refractivity contribution >= 4 is 83.2 Å². The van der Waals surface area contributed by atoms with Crippen molar-refractivity contribution in [3.63, 3.8) is 0 Å². The van der Waals surface area contributed by atoms with Gasteiger partial charge in [-0.1, -0.05) is 60.9 Å². The zero-order chi connectivity index (χ0) is 65.1. The molecule has 6 rings (SSSR count). The van der Waals surface area contributed by atoms with E-state index in [1.54, 1.807) is 69.3 Å². The first kappa shape index (κ1) is 70.3. The maximum Gasteiger partial charge on any atom is 0.330 e. The molecule has 2 saturated carbocycles. The van der Waals surface area contributed by atoms with Crippen LogP contribution in [0.25, 0.3) is 0 Å². The highest BCUT2D eigenvalue weighted by molar-refractivity contribution is 8.24. The number of nitrogens with zero attached hydrogens (tertiary/aromatic N) is 2. The minimum atomic E-state index is -0.675. The van der Waals surface area contributed by atoms with Crippen LogP contribution in [0, 0.1) is 46.3 Å². The van der Waals surface area contributed by atoms with E-state index in [0.29, 0.717) is 89.7 Å². The van der Waals surface area contributed by atoms with Crippen LogP contribution in [0.15, 0.2) is 106 Å². The van der Waals surface area contributed by atoms with E-state index in [0.717, 1.165) is 46.8 Å². The van der Waals surface area contributed by atoms with Gasteiger partial charge in [-0.15, -0.1) is 0 Å². The molecular formula is C65H70N2O21S2. The van der Waals surface area contributed by atoms with Crippen LogP contribution in [-0.2, 0) is 93.9 Å². The van der Waals surface area contributed by atoms with Crippen LogP contribution < -0.4 is 18.9 Å². The third-order valence-corrected chi connectivity index (χ3v) is 16.9. The van der Waals surface area contributed by atoms with Crippen LogP contribution in [0.5, 0.6) is 23.0 Å². The van der Waals surface area contributed by atoms with Crippen LogP contribution in [-0.4, -0.2) is 111 Å². The Labute approximate surface area is 529 Å². The number of ether oxygens (including phenoxy) is 11. The SMILES string of the molecule is C=CC(=O)OC(C)COC(=O)CCC(=O)OCCc1ccc(OC(=O)[C@H]2CC[C@H](C(=O)Oc3ccc(OC(=O)[C@H]4CC[C@H](C(=O)Oc5ccc(CCOC(=O)CCC(=O)OCC(C)OCC(C)OC(=O)C=C)cc5)CC4)c4c3SC(=C(C#N)C#N)S4)CC2)cc1. The summed E-state index contributed by atoms with van der Waals surface area (Å²) in [5.74, 6) is -6.73. The van der Waals surface area contributed by atoms with Crippen molar-refractivity contribution in [3.05, 3.63) is 107 Å². The monoisotopic (exact) mass is 1280 g/mol. The quantitative estimate of drug-likeness (QED) is 0.0190. The molecule has 25 heteroatoms. The molecule has 0 N–H and O–H groups in total. The van der Waals surface area contributed by atoms with Crippen molar-refractivity contribution in [1.29, 1.82) is 10.5 Å². The van der Waals surface area contributed by atoms with Crippen LogP contribution in [0.1, 0.15) is 109 Å². The standard InChI is InChI=1S/C65H70N2O21S2/c1-6-53(68)83-40(4)37-80-39(3)36-81-57(72)28-26-55(70)78-32-30-42-8-20-49(21-9-42)85-61(74)44-12-16-46(17-13-44)63(76)87-51-24-25-52(60-59(51)89-65(90-60)48(34-66)35-67)88-64(77)47-18-14-45(15-19-47)62(75)86-50-22-10-43(11-23-50)31-33-79-56(71)27-29-58(73)82-38-41(5)84-54(69)7-2/h6-11,20-25,39-41,44-47H,1-2,12-19,26-33,36-38H2,3-5H3/t39?,40?,41?,44-,45-,46-,47-. The molecular weight excluding hydrogens is 1210 g/mol. The van der Waals surface area contributed by atoms with E-state index in [9.17, 15) is 58.5 Å². The Hall–Kier alpha value is -8.78. The van der Waals surface area contributed by atoms with Crippen molar-refractivity contribution < 1.29 is 100 Å². The summed E-state index contributed by atoms with van der Waals surface area (Å²) in [6.45, 7) is 11.5. The topological polar surface area (TPSA) is 320 Å². The average Bonchev–Trinajstić information content (AvgIpc) is 1.79. The molecule has 3 aliphatic rings. The van der Waals surface area contributed by atoms with Gasteiger partial charge in [0.15, 0.2) is 0 Å². The lowest BCUT2D eigenvalue weighted by Crippen LogP contribution is -2.30. The summed E-state index contributed by atoms with van der Waals surface area (Å²) >= 11 is 2.09. The predicted molar refractivity (Wildman–Crippen MR) is 319 cm³/mol. The summed E-state index contributed by atoms with van der Waals surface area (Å²) in [5, 5.41) is 19.4. The van der Waals surface area contributed by atoms with Gasteiger partial charge in [0, 0.05) is 25.0 Å². The molecule has 2 fully saturated rings. The molecule has 23 nitrogen and oxygen atoms in total. The maximum atomic E-state index is 13.7. The highest BCUT2D eigenvalue weighted by atomic mass is 32.2. The fraction of sp³-hybridized carbons (Fsp3) is 0.446. The van der Waals surface area contributed by atoms with Gasteiger partial charge in [0.25, 0.3) is 0 Å². The van der Waals surface area contributed by atoms with E-state index in [1.807, 2.05) is 12.1 Å². The Morgan fingerprint density at radius 2 is 0.811 bits per heavy atom. The fourth-order valence-electron chi connectivity index (χ4n) is 9.26. The number of hydrogen-bond donors (Lipinski definition) is 0. The van der Waals surface area contributed by atoms with Crippen molar-refractivity contribution in [2.24, 2.45) is 23.7 Å². The highest BCUT2D eigenvalue weighted by Gasteiger charge is 2.37. The van der Waals surface area contributed by atoms with Gasteiger partial charge in [0.2, 0.25) is 0 Å². The summed E-state index contributed by atoms with van der Waals surface area (Å²) in [4.78, 5) is 126. The number of thioether (sulfide) groups is 2. The molecule has 90 heavy (non-hydrogen) atoms. The van der Waals surface area contributed by atoms with Crippen LogP contribution in [0.4, 0.5) is 0 Å². The second-order valence-electron chi connectivity index (χ2n) is 21.2. The number of fused-ring (bicyclic) bond motifs is 1. The zero-order valence-electron chi connectivity index (χ0n) is 50.1. The van der Waals surface area contributed by atoms with E-state index < -0.39 is 102 Å². The van der Waals surface area contributed by atoms with Gasteiger partial charge in [-0.3, -0.25) is 38.4 Å². The second kappa shape index (κ2) is 36.0. The Balaban J connectivity index is 0.884. The van der Waals surface area contributed by atoms with Gasteiger partial charge in [0.05, 0.1) is 89.3 Å². The highest BCUT2D eigenvalue weighted by Crippen LogP contribution is 2.59. The molecule has 1 aliphatic heterocycles. The molecule has 3 aromatic carbocycles. The first-order valence-electron chi connectivity index (χ1n) is 29.3. The number of carbonyl (C=O) groups excluding carboxylic acids is 10. The smallest absolute Gasteiger partial charge is 0.330 e. The lowest BCUT2D eigenvalue weighted by Gasteiger charge is -2.26. The molecule has 2 aliphatic carbocycles. The van der Waals surface area contributed by atoms with Gasteiger partial charge in [-0.05, 0) is 120 Å². The molecule has 3 aromatic rings. The van der Waals surface area contributed by atoms with Gasteiger partial charge < -0.3 is 52.1 Å². The first-order valence-corrected chi connectivity index (χ1v) is 30.9. The molecule has 0 aromatic heterocycles. The van der Waals surface area contributed by atoms with Crippen LogP contribution in [0.2, 0.25) is 0 Å². The van der Waals surface area contributed by atoms with E-state index in [1.165, 1.54) is 12.1 Å². The van der Waals surface area contributed by atoms with E-state index in [4.69, 9.17) is 52.1 Å². The first-order chi connectivity index (χ1) is 43.2. The number of hydrogen-bond acceptors (Lipinski definition) is 25. The number of rotatable bonds is 31. The minimum Gasteiger partial charge on any atom is -0.465 e. The van der Waals surface area contributed by atoms with Crippen LogP contribution >= 0.6 is 23.5 Å². The number of carbonyl (C=O) groups is 10. The summed E-state index contributed by atoms with van der Waals surface area (Å²) in [6, 6.07) is 20.2. The molecule has 0 spiro atoms. The van der Waals surface area contributed by atoms with E-state index in [2.05, 4.69) is 13.2 Å². The number of esters is 10. The normalized spacial score (nSPS) is 17.5. The molecule has 0 amide bonds. The van der Waals surface area contributed by atoms with E-state index >= 15 is 0 Å². The molecule has 1 heterocycles. The van der Waals surface area contributed by atoms with Crippen LogP contribution in [0.3, 0.4) is 0 Å². The lowest BCUT2D eigenvalue weighted by atomic mass is 9.82. The van der Waals surface area contributed by atoms with Crippen molar-refractivity contribution in [2.75, 3.05) is 33.0 Å². The Bertz CT molecular complexity index is 3210. The zero-order valence-corrected chi connectivity index (χ0v) is 51.7. The third kappa shape index (κ3) is 23.0. The van der Waals surface area contributed by atoms with Gasteiger partial charge in [0.1, 0.15) is 66.1 Å². The molecule has 3 atom stereocenters. The van der Waals surface area contributed by atoms with Gasteiger partial charge >= 0.3 is 59.7 Å². The van der Waals surface area contributed by atoms with E-state index in [-0.39, 0.29) is 75.8 Å². The summed E-state index contributed by atoms with van der Waals surface area (Å²) in [7, 11) is 0. The number of benzene rings is 3. The Morgan fingerprint density at radius 1 is 0.478 bits per heavy atom. The second-order valence-corrected chi connectivity index (χ2v) is 23.5. The lowest BCUT2D eigenvalue weighted by molar-refractivity contribution is -0.156. The summed E-state index contributed by atoms with van der Waals surface area (Å²) in [6.07, 6.45) is 3.12. The molecule has 3 unspecified atom stereocenters. The minimum absolute atomic E-state index is 0.0475. The average molecular weight is 1280 g/mol. The molecule has 478 valence electrons. The summed E-state index contributed by atoms with van der Waals surface area (Å²) < 4.78 is 59.7. The molecule has 0 radical (unpaired) electrons. The van der Waals surface area contributed by atoms with Crippen molar-refractivity contribution in [1.82, 2.24) is 0 Å². The number of allylic oxidation sites excluding steroid dienone is 1. The molecule has 0 saturated heterocycles. The fourth-order valence-corrected chi connectivity index (χ4v) is 11.7. The largest absolute Gasteiger partial charge is 0.465 e. The van der Waals surface area contributed by atoms with Crippen molar-refractivity contribution in [2.45, 2.75) is 139 Å². The van der Waals surface area contributed by atoms with Crippen molar-refractivity contribution in [3.8, 4) is 35.1 Å². The maximum absolute atomic E-state index is 13.7. The number of nitriles is 2. The van der Waals surface area contributed by atoms with Gasteiger partial charge in [-0.25, -0.2) is 9.59 Å². The summed E-state index contributed by atoms with van der Waals surface area (Å²) in [5.41, 5.74) is 1.44. The van der Waals surface area contributed by atoms with Gasteiger partial charge in [-0.2, -0.15) is 10.5 Å². The predicted octanol–water partition coefficient (Wildman–Crippen LogP) is 9.24. The molecule has 0 bridgehead atoms. The third-order valence-electron chi connectivity index (χ3n) is 14.3.